The first kappa shape index (κ1) is 18.1. The van der Waals surface area contributed by atoms with Crippen molar-refractivity contribution in [1.29, 1.82) is 0 Å². The van der Waals surface area contributed by atoms with E-state index in [1.807, 2.05) is 13.0 Å². The summed E-state index contributed by atoms with van der Waals surface area (Å²) < 4.78 is 8.98. The van der Waals surface area contributed by atoms with E-state index in [2.05, 4.69) is 9.47 Å². The number of hydrogen-bond acceptors (Lipinski definition) is 5. The summed E-state index contributed by atoms with van der Waals surface area (Å²) in [6, 6.07) is 0. The van der Waals surface area contributed by atoms with E-state index in [1.165, 1.54) is 14.2 Å². The number of carbonyl (C=O) groups is 3. The Bertz CT molecular complexity index is 372. The molecular weight excluding hydrogens is 264 g/mol. The fourth-order valence-electron chi connectivity index (χ4n) is 1.66. The van der Waals surface area contributed by atoms with E-state index in [1.54, 1.807) is 0 Å². The zero-order chi connectivity index (χ0) is 15.5. The van der Waals surface area contributed by atoms with E-state index < -0.39 is 17.9 Å². The third-order valence-corrected chi connectivity index (χ3v) is 2.92. The van der Waals surface area contributed by atoms with Gasteiger partial charge in [0, 0.05) is 6.42 Å². The van der Waals surface area contributed by atoms with Crippen LogP contribution < -0.4 is 0 Å². The summed E-state index contributed by atoms with van der Waals surface area (Å²) in [6.45, 7) is 1.87. The highest BCUT2D eigenvalue weighted by Crippen LogP contribution is 2.15. The molecule has 6 nitrogen and oxygen atoms in total. The maximum absolute atomic E-state index is 11.3. The van der Waals surface area contributed by atoms with Crippen molar-refractivity contribution in [3.05, 3.63) is 11.6 Å². The van der Waals surface area contributed by atoms with Crippen molar-refractivity contribution in [2.45, 2.75) is 39.0 Å². The van der Waals surface area contributed by atoms with E-state index in [9.17, 15) is 14.4 Å². The number of carboxylic acids is 1. The standard InChI is InChI=1S/C14H22O6/c1-10(6-4-5-7-12(15)19-2)8-9-11(13(16)17)14(18)20-3/h6,11H,4-5,7-9H2,1-3H3,(H,16,17). The Morgan fingerprint density at radius 1 is 1.15 bits per heavy atom. The van der Waals surface area contributed by atoms with Gasteiger partial charge in [-0.05, 0) is 32.6 Å². The second kappa shape index (κ2) is 10.00. The van der Waals surface area contributed by atoms with Crippen molar-refractivity contribution in [1.82, 2.24) is 0 Å². The Kier molecular flexibility index (Phi) is 9.07. The number of hydrogen-bond donors (Lipinski definition) is 1. The first-order valence-electron chi connectivity index (χ1n) is 6.45. The Morgan fingerprint density at radius 3 is 2.30 bits per heavy atom. The summed E-state index contributed by atoms with van der Waals surface area (Å²) in [5.74, 6) is -3.27. The summed E-state index contributed by atoms with van der Waals surface area (Å²) in [5, 5.41) is 8.92. The maximum atomic E-state index is 11.3. The summed E-state index contributed by atoms with van der Waals surface area (Å²) in [7, 11) is 2.52. The highest BCUT2D eigenvalue weighted by atomic mass is 16.5. The highest BCUT2D eigenvalue weighted by Gasteiger charge is 2.26. The minimum absolute atomic E-state index is 0.210. The minimum atomic E-state index is -1.17. The molecule has 0 spiro atoms. The quantitative estimate of drug-likeness (QED) is 0.301. The van der Waals surface area contributed by atoms with Gasteiger partial charge in [0.15, 0.2) is 5.92 Å². The van der Waals surface area contributed by atoms with E-state index in [4.69, 9.17) is 5.11 Å². The van der Waals surface area contributed by atoms with Gasteiger partial charge in [-0.2, -0.15) is 0 Å². The normalized spacial score (nSPS) is 12.7. The molecule has 0 aliphatic carbocycles. The SMILES string of the molecule is COC(=O)CCCC=C(C)CCC(C(=O)O)C(=O)OC. The molecule has 0 aliphatic rings. The van der Waals surface area contributed by atoms with Crippen LogP contribution in [0.2, 0.25) is 0 Å². The first-order valence-corrected chi connectivity index (χ1v) is 6.45. The summed E-state index contributed by atoms with van der Waals surface area (Å²) in [4.78, 5) is 33.1. The Hall–Kier alpha value is -1.85. The molecule has 1 atom stereocenters. The predicted molar refractivity (Wildman–Crippen MR) is 72.0 cm³/mol. The van der Waals surface area contributed by atoms with Crippen LogP contribution in [0.5, 0.6) is 0 Å². The highest BCUT2D eigenvalue weighted by molar-refractivity contribution is 5.93. The van der Waals surface area contributed by atoms with Crippen molar-refractivity contribution in [2.75, 3.05) is 14.2 Å². The molecule has 114 valence electrons. The minimum Gasteiger partial charge on any atom is -0.481 e. The van der Waals surface area contributed by atoms with Crippen molar-refractivity contribution < 1.29 is 29.0 Å². The number of ether oxygens (including phenoxy) is 2. The largest absolute Gasteiger partial charge is 0.481 e. The second-order valence-electron chi connectivity index (χ2n) is 4.47. The Labute approximate surface area is 118 Å². The summed E-state index contributed by atoms with van der Waals surface area (Å²) in [6.07, 6.45) is 4.42. The van der Waals surface area contributed by atoms with Crippen LogP contribution in [0.15, 0.2) is 11.6 Å². The van der Waals surface area contributed by atoms with Crippen LogP contribution in [0.1, 0.15) is 39.0 Å². The molecule has 6 heteroatoms. The lowest BCUT2D eigenvalue weighted by Crippen LogP contribution is -2.24. The molecule has 0 saturated heterocycles. The van der Waals surface area contributed by atoms with Crippen LogP contribution in [-0.2, 0) is 23.9 Å². The zero-order valence-corrected chi connectivity index (χ0v) is 12.2. The molecule has 1 N–H and O–H groups in total. The van der Waals surface area contributed by atoms with E-state index in [-0.39, 0.29) is 12.4 Å². The Morgan fingerprint density at radius 2 is 1.80 bits per heavy atom. The van der Waals surface area contributed by atoms with E-state index >= 15 is 0 Å². The van der Waals surface area contributed by atoms with Gasteiger partial charge in [0.2, 0.25) is 0 Å². The first-order chi connectivity index (χ1) is 9.42. The van der Waals surface area contributed by atoms with Crippen LogP contribution in [0.25, 0.3) is 0 Å². The number of carboxylic acid groups (broad SMARTS) is 1. The molecule has 20 heavy (non-hydrogen) atoms. The van der Waals surface area contributed by atoms with Gasteiger partial charge in [-0.1, -0.05) is 11.6 Å². The fourth-order valence-corrected chi connectivity index (χ4v) is 1.66. The molecule has 0 amide bonds. The smallest absolute Gasteiger partial charge is 0.320 e. The maximum Gasteiger partial charge on any atom is 0.320 e. The molecule has 0 aromatic heterocycles. The van der Waals surface area contributed by atoms with Gasteiger partial charge < -0.3 is 14.6 Å². The van der Waals surface area contributed by atoms with Gasteiger partial charge in [-0.15, -0.1) is 0 Å². The lowest BCUT2D eigenvalue weighted by atomic mass is 9.99. The topological polar surface area (TPSA) is 89.9 Å². The lowest BCUT2D eigenvalue weighted by Gasteiger charge is -2.09. The third kappa shape index (κ3) is 7.56. The number of esters is 2. The molecule has 0 aliphatic heterocycles. The third-order valence-electron chi connectivity index (χ3n) is 2.92. The van der Waals surface area contributed by atoms with Crippen LogP contribution in [0, 0.1) is 5.92 Å². The van der Waals surface area contributed by atoms with E-state index in [0.717, 1.165) is 12.0 Å². The molecule has 0 radical (unpaired) electrons. The molecule has 0 aromatic carbocycles. The zero-order valence-electron chi connectivity index (χ0n) is 12.2. The van der Waals surface area contributed by atoms with Crippen molar-refractivity contribution in [3.63, 3.8) is 0 Å². The summed E-state index contributed by atoms with van der Waals surface area (Å²) >= 11 is 0. The monoisotopic (exact) mass is 286 g/mol. The van der Waals surface area contributed by atoms with Crippen LogP contribution in [0.4, 0.5) is 0 Å². The molecule has 1 unspecified atom stereocenters. The molecular formula is C14H22O6. The number of aliphatic carboxylic acids is 1. The predicted octanol–water partition coefficient (Wildman–Crippen LogP) is 1.93. The average Bonchev–Trinajstić information content (AvgIpc) is 2.42. The Balaban J connectivity index is 4.12. The van der Waals surface area contributed by atoms with Crippen molar-refractivity contribution in [3.8, 4) is 0 Å². The summed E-state index contributed by atoms with van der Waals surface area (Å²) in [5.41, 5.74) is 0.991. The van der Waals surface area contributed by atoms with Crippen LogP contribution in [-0.4, -0.2) is 37.2 Å². The van der Waals surface area contributed by atoms with Crippen LogP contribution in [0.3, 0.4) is 0 Å². The molecule has 0 fully saturated rings. The fraction of sp³-hybridized carbons (Fsp3) is 0.643. The number of rotatable bonds is 9. The molecule has 0 rings (SSSR count). The van der Waals surface area contributed by atoms with Gasteiger partial charge in [0.25, 0.3) is 0 Å². The van der Waals surface area contributed by atoms with Crippen LogP contribution >= 0.6 is 0 Å². The second-order valence-corrected chi connectivity index (χ2v) is 4.47. The van der Waals surface area contributed by atoms with Gasteiger partial charge in [-0.25, -0.2) is 0 Å². The number of carbonyl (C=O) groups excluding carboxylic acids is 2. The molecule has 0 bridgehead atoms. The molecule has 0 saturated carbocycles. The average molecular weight is 286 g/mol. The van der Waals surface area contributed by atoms with Gasteiger partial charge in [-0.3, -0.25) is 14.4 Å². The lowest BCUT2D eigenvalue weighted by molar-refractivity contribution is -0.157. The van der Waals surface area contributed by atoms with Crippen molar-refractivity contribution in [2.24, 2.45) is 5.92 Å². The van der Waals surface area contributed by atoms with Crippen molar-refractivity contribution >= 4 is 17.9 Å². The molecule has 0 aromatic rings. The van der Waals surface area contributed by atoms with Gasteiger partial charge in [0.05, 0.1) is 14.2 Å². The number of unbranched alkanes of at least 4 members (excludes halogenated alkanes) is 1. The van der Waals surface area contributed by atoms with E-state index in [0.29, 0.717) is 19.3 Å². The van der Waals surface area contributed by atoms with Gasteiger partial charge in [0.1, 0.15) is 0 Å². The van der Waals surface area contributed by atoms with Gasteiger partial charge >= 0.3 is 17.9 Å². The number of allylic oxidation sites excluding steroid dienone is 2. The molecule has 0 heterocycles. The number of methoxy groups -OCH3 is 2.